The molecule has 2 aromatic rings. The molecule has 1 amide bonds. The summed E-state index contributed by atoms with van der Waals surface area (Å²) in [5.74, 6) is -0.201. The highest BCUT2D eigenvalue weighted by Gasteiger charge is 2.25. The topological polar surface area (TPSA) is 73.7 Å². The molecule has 2 rings (SSSR count). The predicted molar refractivity (Wildman–Crippen MR) is 90.7 cm³/mol. The highest BCUT2D eigenvalue weighted by molar-refractivity contribution is 5.91. The van der Waals surface area contributed by atoms with Gasteiger partial charge in [0.05, 0.1) is 24.4 Å². The lowest BCUT2D eigenvalue weighted by molar-refractivity contribution is -0.126. The molecule has 122 valence electrons. The lowest BCUT2D eigenvalue weighted by Crippen LogP contribution is -2.41. The maximum Gasteiger partial charge on any atom is 0.246 e. The number of carbonyl (C=O) groups is 1. The number of benzene rings is 1. The molecule has 0 bridgehead atoms. The first-order chi connectivity index (χ1) is 11.0. The molecule has 0 atom stereocenters. The standard InChI is InChI=1S/C18H22N2O3/c1-18(12-21,13-22)11-20(2)17(23)10-9-15-8-7-14-5-3-4-6-16(14)19-15/h3-10,21-22H,11-13H2,1-2H3/b10-9+. The van der Waals surface area contributed by atoms with Crippen LogP contribution in [0.15, 0.2) is 42.5 Å². The summed E-state index contributed by atoms with van der Waals surface area (Å²) >= 11 is 0. The van der Waals surface area contributed by atoms with Crippen molar-refractivity contribution in [2.75, 3.05) is 26.8 Å². The molecule has 5 nitrogen and oxygen atoms in total. The number of aliphatic hydroxyl groups excluding tert-OH is 2. The van der Waals surface area contributed by atoms with Crippen LogP contribution in [0.3, 0.4) is 0 Å². The van der Waals surface area contributed by atoms with Crippen molar-refractivity contribution in [3.63, 3.8) is 0 Å². The van der Waals surface area contributed by atoms with Crippen LogP contribution in [0.25, 0.3) is 17.0 Å². The quantitative estimate of drug-likeness (QED) is 0.796. The van der Waals surface area contributed by atoms with Crippen molar-refractivity contribution in [1.29, 1.82) is 0 Å². The van der Waals surface area contributed by atoms with Crippen molar-refractivity contribution in [1.82, 2.24) is 9.88 Å². The fourth-order valence-electron chi connectivity index (χ4n) is 2.26. The molecule has 0 fully saturated rings. The van der Waals surface area contributed by atoms with Crippen molar-refractivity contribution in [3.8, 4) is 0 Å². The Kier molecular flexibility index (Phi) is 5.47. The van der Waals surface area contributed by atoms with E-state index >= 15 is 0 Å². The molecular weight excluding hydrogens is 292 g/mol. The van der Waals surface area contributed by atoms with E-state index < -0.39 is 5.41 Å². The number of para-hydroxylation sites is 1. The number of aromatic nitrogens is 1. The van der Waals surface area contributed by atoms with E-state index in [4.69, 9.17) is 0 Å². The smallest absolute Gasteiger partial charge is 0.246 e. The molecule has 0 aliphatic rings. The third kappa shape index (κ3) is 4.37. The molecule has 1 heterocycles. The van der Waals surface area contributed by atoms with Crippen LogP contribution < -0.4 is 0 Å². The molecule has 0 radical (unpaired) electrons. The molecule has 0 spiro atoms. The maximum absolute atomic E-state index is 12.1. The van der Waals surface area contributed by atoms with Gasteiger partial charge in [-0.3, -0.25) is 4.79 Å². The van der Waals surface area contributed by atoms with Crippen molar-refractivity contribution in [2.24, 2.45) is 5.41 Å². The van der Waals surface area contributed by atoms with Gasteiger partial charge in [0, 0.05) is 30.5 Å². The number of fused-ring (bicyclic) bond motifs is 1. The minimum absolute atomic E-state index is 0.183. The van der Waals surface area contributed by atoms with E-state index in [-0.39, 0.29) is 25.7 Å². The van der Waals surface area contributed by atoms with Gasteiger partial charge >= 0.3 is 0 Å². The number of rotatable bonds is 6. The van der Waals surface area contributed by atoms with Gasteiger partial charge in [-0.2, -0.15) is 0 Å². The molecule has 0 saturated carbocycles. The lowest BCUT2D eigenvalue weighted by Gasteiger charge is -2.29. The summed E-state index contributed by atoms with van der Waals surface area (Å²) in [6.07, 6.45) is 3.12. The summed E-state index contributed by atoms with van der Waals surface area (Å²) in [4.78, 5) is 18.1. The van der Waals surface area contributed by atoms with E-state index in [0.717, 1.165) is 10.9 Å². The molecule has 0 aliphatic heterocycles. The summed E-state index contributed by atoms with van der Waals surface area (Å²) in [5.41, 5.74) is 0.875. The summed E-state index contributed by atoms with van der Waals surface area (Å²) < 4.78 is 0. The van der Waals surface area contributed by atoms with Gasteiger partial charge in [0.2, 0.25) is 5.91 Å². The normalized spacial score (nSPS) is 12.0. The molecule has 0 aliphatic carbocycles. The van der Waals surface area contributed by atoms with Gasteiger partial charge in [0.25, 0.3) is 0 Å². The number of nitrogens with zero attached hydrogens (tertiary/aromatic N) is 2. The zero-order valence-corrected chi connectivity index (χ0v) is 13.4. The Bertz CT molecular complexity index is 708. The molecule has 23 heavy (non-hydrogen) atoms. The summed E-state index contributed by atoms with van der Waals surface area (Å²) in [7, 11) is 1.64. The van der Waals surface area contributed by atoms with Gasteiger partial charge in [-0.15, -0.1) is 0 Å². The Labute approximate surface area is 135 Å². The van der Waals surface area contributed by atoms with Crippen LogP contribution in [0.5, 0.6) is 0 Å². The first kappa shape index (κ1) is 17.1. The summed E-state index contributed by atoms with van der Waals surface area (Å²) in [6, 6.07) is 11.6. The lowest BCUT2D eigenvalue weighted by atomic mass is 9.92. The second-order valence-electron chi connectivity index (χ2n) is 6.08. The van der Waals surface area contributed by atoms with Crippen LogP contribution in [-0.4, -0.2) is 52.8 Å². The zero-order chi connectivity index (χ0) is 16.9. The Morgan fingerprint density at radius 2 is 1.91 bits per heavy atom. The van der Waals surface area contributed by atoms with Crippen LogP contribution >= 0.6 is 0 Å². The highest BCUT2D eigenvalue weighted by Crippen LogP contribution is 2.16. The number of hydrogen-bond donors (Lipinski definition) is 2. The SMILES string of the molecule is CN(CC(C)(CO)CO)C(=O)/C=C/c1ccc2ccccc2n1. The second kappa shape index (κ2) is 7.35. The molecule has 5 heteroatoms. The molecule has 1 aromatic carbocycles. The zero-order valence-electron chi connectivity index (χ0n) is 13.4. The Morgan fingerprint density at radius 3 is 2.61 bits per heavy atom. The predicted octanol–water partition coefficient (Wildman–Crippen LogP) is 1.70. The van der Waals surface area contributed by atoms with Crippen molar-refractivity contribution < 1.29 is 15.0 Å². The van der Waals surface area contributed by atoms with Crippen LogP contribution in [-0.2, 0) is 4.79 Å². The van der Waals surface area contributed by atoms with Crippen LogP contribution in [0, 0.1) is 5.41 Å². The molecule has 1 aromatic heterocycles. The van der Waals surface area contributed by atoms with Gasteiger partial charge < -0.3 is 15.1 Å². The van der Waals surface area contributed by atoms with Crippen LogP contribution in [0.1, 0.15) is 12.6 Å². The van der Waals surface area contributed by atoms with Gasteiger partial charge in [-0.1, -0.05) is 31.2 Å². The number of likely N-dealkylation sites (N-methyl/N-ethyl adjacent to an activating group) is 1. The van der Waals surface area contributed by atoms with E-state index in [1.54, 1.807) is 20.0 Å². The Hall–Kier alpha value is -2.24. The van der Waals surface area contributed by atoms with E-state index in [9.17, 15) is 15.0 Å². The minimum Gasteiger partial charge on any atom is -0.396 e. The van der Waals surface area contributed by atoms with E-state index in [0.29, 0.717) is 5.69 Å². The molecule has 0 unspecified atom stereocenters. The van der Waals surface area contributed by atoms with Gasteiger partial charge in [0.15, 0.2) is 0 Å². The largest absolute Gasteiger partial charge is 0.396 e. The number of pyridine rings is 1. The average molecular weight is 314 g/mol. The van der Waals surface area contributed by atoms with Gasteiger partial charge in [-0.05, 0) is 18.2 Å². The summed E-state index contributed by atoms with van der Waals surface area (Å²) in [6.45, 7) is 1.63. The monoisotopic (exact) mass is 314 g/mol. The minimum atomic E-state index is -0.709. The van der Waals surface area contributed by atoms with Gasteiger partial charge in [0.1, 0.15) is 0 Å². The van der Waals surface area contributed by atoms with E-state index in [1.165, 1.54) is 11.0 Å². The number of aliphatic hydroxyl groups is 2. The van der Waals surface area contributed by atoms with Crippen molar-refractivity contribution in [2.45, 2.75) is 6.92 Å². The first-order valence-corrected chi connectivity index (χ1v) is 7.48. The second-order valence-corrected chi connectivity index (χ2v) is 6.08. The number of hydrogen-bond acceptors (Lipinski definition) is 4. The van der Waals surface area contributed by atoms with Gasteiger partial charge in [-0.25, -0.2) is 4.98 Å². The Morgan fingerprint density at radius 1 is 1.22 bits per heavy atom. The first-order valence-electron chi connectivity index (χ1n) is 7.48. The molecular formula is C18H22N2O3. The molecule has 2 N–H and O–H groups in total. The third-order valence-corrected chi connectivity index (χ3v) is 3.78. The van der Waals surface area contributed by atoms with E-state index in [1.807, 2.05) is 36.4 Å². The van der Waals surface area contributed by atoms with E-state index in [2.05, 4.69) is 4.98 Å². The number of carbonyl (C=O) groups excluding carboxylic acids is 1. The van der Waals surface area contributed by atoms with Crippen molar-refractivity contribution in [3.05, 3.63) is 48.2 Å². The Balaban J connectivity index is 2.07. The fourth-order valence-corrected chi connectivity index (χ4v) is 2.26. The van der Waals surface area contributed by atoms with Crippen LogP contribution in [0.2, 0.25) is 0 Å². The highest BCUT2D eigenvalue weighted by atomic mass is 16.3. The number of amides is 1. The third-order valence-electron chi connectivity index (χ3n) is 3.78. The van der Waals surface area contributed by atoms with Crippen LogP contribution in [0.4, 0.5) is 0 Å². The molecule has 0 saturated heterocycles. The van der Waals surface area contributed by atoms with Crippen molar-refractivity contribution >= 4 is 22.9 Å². The average Bonchev–Trinajstić information content (AvgIpc) is 2.59. The maximum atomic E-state index is 12.1. The summed E-state index contributed by atoms with van der Waals surface area (Å²) in [5, 5.41) is 19.6. The fraction of sp³-hybridized carbons (Fsp3) is 0.333.